The van der Waals surface area contributed by atoms with E-state index in [9.17, 15) is 29.7 Å². The number of nitrogens with two attached hydrogens (primary N) is 2. The van der Waals surface area contributed by atoms with Crippen molar-refractivity contribution < 1.29 is 53.4 Å². The lowest BCUT2D eigenvalue weighted by Crippen LogP contribution is -2.60. The number of aliphatic imine (C=N–C) groups is 1. The first-order chi connectivity index (χ1) is 18.1. The van der Waals surface area contributed by atoms with E-state index in [4.69, 9.17) is 35.2 Å². The van der Waals surface area contributed by atoms with Crippen molar-refractivity contribution in [3.8, 4) is 0 Å². The summed E-state index contributed by atoms with van der Waals surface area (Å²) >= 11 is 0. The monoisotopic (exact) mass is 549 g/mol. The van der Waals surface area contributed by atoms with Gasteiger partial charge in [0.2, 0.25) is 17.6 Å². The summed E-state index contributed by atoms with van der Waals surface area (Å²) < 4.78 is 26.8. The van der Waals surface area contributed by atoms with Gasteiger partial charge in [-0.2, -0.15) is 0 Å². The van der Waals surface area contributed by atoms with Crippen LogP contribution in [0.4, 0.5) is 0 Å². The predicted molar refractivity (Wildman–Crippen MR) is 132 cm³/mol. The van der Waals surface area contributed by atoms with E-state index in [2.05, 4.69) is 15.6 Å². The summed E-state index contributed by atoms with van der Waals surface area (Å²) in [5, 5.41) is 34.5. The van der Waals surface area contributed by atoms with Gasteiger partial charge in [-0.3, -0.25) is 9.59 Å². The lowest BCUT2D eigenvalue weighted by Gasteiger charge is -2.40. The maximum absolute atomic E-state index is 12.3. The van der Waals surface area contributed by atoms with Gasteiger partial charge in [0.1, 0.15) is 18.8 Å². The fourth-order valence-electron chi connectivity index (χ4n) is 3.40. The minimum absolute atomic E-state index is 0.154. The molecule has 16 nitrogen and oxygen atoms in total. The third-order valence-corrected chi connectivity index (χ3v) is 5.00. The highest BCUT2D eigenvalue weighted by Gasteiger charge is 2.45. The van der Waals surface area contributed by atoms with Gasteiger partial charge in [0.05, 0.1) is 51.7 Å². The Balaban J connectivity index is 2.76. The van der Waals surface area contributed by atoms with Gasteiger partial charge in [0, 0.05) is 20.1 Å². The first-order valence-corrected chi connectivity index (χ1v) is 12.0. The Morgan fingerprint density at radius 3 is 2.32 bits per heavy atom. The van der Waals surface area contributed by atoms with Crippen molar-refractivity contribution in [1.82, 2.24) is 10.6 Å². The number of hydrogen-bond acceptors (Lipinski definition) is 11. The number of nitrogens with one attached hydrogen (secondary N) is 2. The molecule has 1 heterocycles. The fourth-order valence-corrected chi connectivity index (χ4v) is 3.40. The molecule has 0 bridgehead atoms. The molecule has 0 aliphatic carbocycles. The summed E-state index contributed by atoms with van der Waals surface area (Å²) in [5.41, 5.74) is 10.9. The topological polar surface area (TPSA) is 247 Å². The van der Waals surface area contributed by atoms with Crippen LogP contribution in [-0.4, -0.2) is 129 Å². The summed E-state index contributed by atoms with van der Waals surface area (Å²) in [6.45, 7) is 4.29. The van der Waals surface area contributed by atoms with E-state index >= 15 is 0 Å². The second-order valence-corrected chi connectivity index (χ2v) is 7.99. The van der Waals surface area contributed by atoms with E-state index in [1.807, 2.05) is 6.92 Å². The fraction of sp³-hybridized carbons (Fsp3) is 0.727. The second kappa shape index (κ2) is 18.3. The van der Waals surface area contributed by atoms with Crippen LogP contribution in [0.5, 0.6) is 0 Å². The molecule has 1 aliphatic rings. The lowest BCUT2D eigenvalue weighted by atomic mass is 9.92. The maximum Gasteiger partial charge on any atom is 0.370 e. The van der Waals surface area contributed by atoms with Crippen LogP contribution >= 0.6 is 0 Å². The van der Waals surface area contributed by atoms with Gasteiger partial charge in [-0.15, -0.1) is 0 Å². The van der Waals surface area contributed by atoms with Gasteiger partial charge in [-0.25, -0.2) is 9.79 Å². The molecule has 0 saturated carbocycles. The highest BCUT2D eigenvalue weighted by Crippen LogP contribution is 2.26. The summed E-state index contributed by atoms with van der Waals surface area (Å²) in [5.74, 6) is -3.57. The molecule has 0 radical (unpaired) electrons. The number of nitrogens with zero attached hydrogens (tertiary/aromatic N) is 1. The van der Waals surface area contributed by atoms with Crippen LogP contribution in [0.25, 0.3) is 0 Å². The number of hydrogen-bond donors (Lipinski definition) is 7. The van der Waals surface area contributed by atoms with E-state index < -0.39 is 73.1 Å². The van der Waals surface area contributed by atoms with Crippen molar-refractivity contribution in [1.29, 1.82) is 0 Å². The molecule has 5 atom stereocenters. The standard InChI is InChI=1S/C22H39N5O11/c1-3-34-6-7-36-9-8-35-5-4-25-17(31)12-37-19(15(30)11-28)20-18(26-13(2)29)14(27-22(23)24)10-16(38-20)21(32)33/h10,14-15,18-20,28,30H,3-9,11-12H2,1-2H3,(H,25,31)(H,26,29)(H,32,33)(H4,23,24,27)/t14-,15+,18+,19+,20+/m0/s1. The molecule has 0 saturated heterocycles. The number of carbonyl (C=O) groups excluding carboxylic acids is 2. The first kappa shape index (κ1) is 33.0. The second-order valence-electron chi connectivity index (χ2n) is 7.99. The molecule has 1 rings (SSSR count). The van der Waals surface area contributed by atoms with Crippen LogP contribution in [0.1, 0.15) is 13.8 Å². The van der Waals surface area contributed by atoms with Crippen LogP contribution in [0.3, 0.4) is 0 Å². The number of carboxylic acid groups (broad SMARTS) is 1. The Morgan fingerprint density at radius 1 is 1.13 bits per heavy atom. The Kier molecular flexibility index (Phi) is 15.9. The summed E-state index contributed by atoms with van der Waals surface area (Å²) in [6.07, 6.45) is -3.40. The number of rotatable bonds is 19. The minimum Gasteiger partial charge on any atom is -0.478 e. The number of carboxylic acids is 1. The van der Waals surface area contributed by atoms with Crippen LogP contribution in [0.2, 0.25) is 0 Å². The van der Waals surface area contributed by atoms with E-state index in [-0.39, 0.29) is 13.2 Å². The van der Waals surface area contributed by atoms with Crippen molar-refractivity contribution >= 4 is 23.7 Å². The number of carbonyl (C=O) groups is 3. The molecule has 0 aromatic carbocycles. The third kappa shape index (κ3) is 12.5. The number of aliphatic carboxylic acids is 1. The third-order valence-electron chi connectivity index (χ3n) is 5.00. The molecular weight excluding hydrogens is 510 g/mol. The van der Waals surface area contributed by atoms with E-state index in [1.165, 1.54) is 6.92 Å². The zero-order valence-corrected chi connectivity index (χ0v) is 21.5. The highest BCUT2D eigenvalue weighted by atomic mass is 16.6. The summed E-state index contributed by atoms with van der Waals surface area (Å²) in [6, 6.07) is -2.23. The summed E-state index contributed by atoms with van der Waals surface area (Å²) in [7, 11) is 0. The van der Waals surface area contributed by atoms with Crippen LogP contribution in [0.15, 0.2) is 16.8 Å². The van der Waals surface area contributed by atoms with Gasteiger partial charge in [-0.05, 0) is 13.0 Å². The number of guanidine groups is 1. The van der Waals surface area contributed by atoms with Crippen molar-refractivity contribution in [3.05, 3.63) is 11.8 Å². The van der Waals surface area contributed by atoms with Gasteiger partial charge < -0.3 is 61.1 Å². The lowest BCUT2D eigenvalue weighted by molar-refractivity contribution is -0.158. The van der Waals surface area contributed by atoms with Crippen molar-refractivity contribution in [2.45, 2.75) is 44.2 Å². The molecule has 0 aromatic heterocycles. The molecule has 0 aromatic rings. The van der Waals surface area contributed by atoms with E-state index in [0.717, 1.165) is 6.08 Å². The average molecular weight is 550 g/mol. The molecule has 0 unspecified atom stereocenters. The van der Waals surface area contributed by atoms with E-state index in [0.29, 0.717) is 33.0 Å². The van der Waals surface area contributed by atoms with Gasteiger partial charge >= 0.3 is 5.97 Å². The van der Waals surface area contributed by atoms with Gasteiger partial charge in [0.25, 0.3) is 0 Å². The molecule has 38 heavy (non-hydrogen) atoms. The van der Waals surface area contributed by atoms with E-state index in [1.54, 1.807) is 0 Å². The van der Waals surface area contributed by atoms with Crippen LogP contribution in [-0.2, 0) is 38.1 Å². The Bertz CT molecular complexity index is 807. The number of aliphatic hydroxyl groups is 2. The Hall–Kier alpha value is -3.02. The normalized spacial score (nSPS) is 20.4. The average Bonchev–Trinajstić information content (AvgIpc) is 2.85. The number of aliphatic hydroxyl groups excluding tert-OH is 2. The number of ether oxygens (including phenoxy) is 5. The molecule has 1 aliphatic heterocycles. The molecule has 9 N–H and O–H groups in total. The van der Waals surface area contributed by atoms with Crippen LogP contribution in [0, 0.1) is 0 Å². The molecule has 0 fully saturated rings. The SMILES string of the molecule is CCOCCOCCOCCNC(=O)CO[C@@H]([C@@H]1OC(C(=O)O)=C[C@H](N=C(N)N)[C@H]1NC(C)=O)[C@H](O)CO. The zero-order valence-electron chi connectivity index (χ0n) is 21.5. The molecular formula is C22H39N5O11. The predicted octanol–water partition coefficient (Wildman–Crippen LogP) is -3.58. The summed E-state index contributed by atoms with van der Waals surface area (Å²) in [4.78, 5) is 39.7. The number of amides is 2. The first-order valence-electron chi connectivity index (χ1n) is 12.0. The quantitative estimate of drug-likeness (QED) is 0.0468. The smallest absolute Gasteiger partial charge is 0.370 e. The van der Waals surface area contributed by atoms with Gasteiger partial charge in [0.15, 0.2) is 12.1 Å². The highest BCUT2D eigenvalue weighted by molar-refractivity contribution is 5.85. The molecule has 0 spiro atoms. The maximum atomic E-state index is 12.3. The molecule has 16 heteroatoms. The van der Waals surface area contributed by atoms with Gasteiger partial charge in [-0.1, -0.05) is 0 Å². The van der Waals surface area contributed by atoms with Crippen LogP contribution < -0.4 is 22.1 Å². The zero-order chi connectivity index (χ0) is 28.5. The van der Waals surface area contributed by atoms with Crippen molar-refractivity contribution in [2.75, 3.05) is 59.4 Å². The minimum atomic E-state index is -1.62. The Morgan fingerprint density at radius 2 is 1.76 bits per heavy atom. The molecule has 2 amide bonds. The Labute approximate surface area is 220 Å². The largest absolute Gasteiger partial charge is 0.478 e. The van der Waals surface area contributed by atoms with Crippen molar-refractivity contribution in [2.24, 2.45) is 16.5 Å². The molecule has 218 valence electrons. The van der Waals surface area contributed by atoms with Crippen molar-refractivity contribution in [3.63, 3.8) is 0 Å².